The van der Waals surface area contributed by atoms with Gasteiger partial charge in [-0.15, -0.1) is 0 Å². The second-order valence-corrected chi connectivity index (χ2v) is 4.03. The van der Waals surface area contributed by atoms with E-state index in [1.807, 2.05) is 0 Å². The number of carbonyl (C=O) groups excluding carboxylic acids is 2. The van der Waals surface area contributed by atoms with Crippen molar-refractivity contribution in [2.75, 3.05) is 6.61 Å². The van der Waals surface area contributed by atoms with Crippen LogP contribution in [0.2, 0.25) is 0 Å². The van der Waals surface area contributed by atoms with Gasteiger partial charge in [0.2, 0.25) is 0 Å². The van der Waals surface area contributed by atoms with Gasteiger partial charge in [-0.3, -0.25) is 9.59 Å². The summed E-state index contributed by atoms with van der Waals surface area (Å²) < 4.78 is 31.3. The fourth-order valence-corrected chi connectivity index (χ4v) is 1.57. The molecule has 0 aliphatic heterocycles. The number of halogens is 2. The van der Waals surface area contributed by atoms with E-state index in [1.54, 1.807) is 0 Å². The van der Waals surface area contributed by atoms with Crippen molar-refractivity contribution in [3.8, 4) is 5.75 Å². The summed E-state index contributed by atoms with van der Waals surface area (Å²) in [5.74, 6) is -1.69. The normalized spacial score (nSPS) is 10.1. The van der Waals surface area contributed by atoms with Crippen molar-refractivity contribution in [2.24, 2.45) is 0 Å². The first-order valence-corrected chi connectivity index (χ1v) is 5.76. The quantitative estimate of drug-likeness (QED) is 0.622. The molecule has 0 aromatic heterocycles. The van der Waals surface area contributed by atoms with E-state index in [1.165, 1.54) is 24.3 Å². The van der Waals surface area contributed by atoms with Crippen LogP contribution in [0.3, 0.4) is 0 Å². The lowest BCUT2D eigenvalue weighted by molar-refractivity contribution is 0.0918. The lowest BCUT2D eigenvalue weighted by Gasteiger charge is -2.07. The minimum absolute atomic E-state index is 0.119. The van der Waals surface area contributed by atoms with Crippen LogP contribution in [-0.2, 0) is 0 Å². The zero-order valence-corrected chi connectivity index (χ0v) is 10.3. The van der Waals surface area contributed by atoms with Gasteiger partial charge >= 0.3 is 0 Å². The molecule has 0 amide bonds. The molecule has 102 valence electrons. The van der Waals surface area contributed by atoms with Crippen LogP contribution in [-0.4, -0.2) is 18.7 Å². The van der Waals surface area contributed by atoms with E-state index < -0.39 is 17.4 Å². The molecule has 0 bridgehead atoms. The molecule has 3 nitrogen and oxygen atoms in total. The van der Waals surface area contributed by atoms with Crippen LogP contribution in [0.25, 0.3) is 0 Å². The molecule has 0 saturated heterocycles. The molecule has 2 aromatic rings. The third-order valence-electron chi connectivity index (χ3n) is 2.62. The zero-order valence-electron chi connectivity index (χ0n) is 10.3. The summed E-state index contributed by atoms with van der Waals surface area (Å²) in [5, 5.41) is 0. The lowest BCUT2D eigenvalue weighted by atomic mass is 10.1. The number of carbonyl (C=O) groups is 2. The number of ether oxygens (including phenoxy) is 1. The van der Waals surface area contributed by atoms with Crippen LogP contribution in [0.4, 0.5) is 8.78 Å². The summed E-state index contributed by atoms with van der Waals surface area (Å²) >= 11 is 0. The highest BCUT2D eigenvalue weighted by molar-refractivity contribution is 5.97. The number of ketones is 1. The van der Waals surface area contributed by atoms with Crippen LogP contribution in [0.5, 0.6) is 5.75 Å². The SMILES string of the molecule is O=Cc1ccc(OCC(=O)c2ccc(F)cc2)c(F)c1. The van der Waals surface area contributed by atoms with Gasteiger partial charge in [0.25, 0.3) is 0 Å². The Balaban J connectivity index is 2.03. The first kappa shape index (κ1) is 13.9. The average molecular weight is 276 g/mol. The summed E-state index contributed by atoms with van der Waals surface area (Å²) in [4.78, 5) is 22.2. The predicted octanol–water partition coefficient (Wildman–Crippen LogP) is 3.04. The zero-order chi connectivity index (χ0) is 14.5. The van der Waals surface area contributed by atoms with Crippen molar-refractivity contribution >= 4 is 12.1 Å². The molecular weight excluding hydrogens is 266 g/mol. The second-order valence-electron chi connectivity index (χ2n) is 4.03. The van der Waals surface area contributed by atoms with Crippen molar-refractivity contribution in [3.05, 3.63) is 65.2 Å². The molecule has 0 N–H and O–H groups in total. The molecule has 0 spiro atoms. The number of Topliss-reactive ketones (excluding diaryl/α,β-unsaturated/α-hetero) is 1. The Morgan fingerprint density at radius 1 is 1.10 bits per heavy atom. The van der Waals surface area contributed by atoms with Crippen molar-refractivity contribution in [1.29, 1.82) is 0 Å². The third-order valence-corrected chi connectivity index (χ3v) is 2.62. The summed E-state index contributed by atoms with van der Waals surface area (Å²) in [6, 6.07) is 8.65. The van der Waals surface area contributed by atoms with Gasteiger partial charge in [-0.05, 0) is 42.5 Å². The van der Waals surface area contributed by atoms with Crippen LogP contribution < -0.4 is 4.74 Å². The van der Waals surface area contributed by atoms with Gasteiger partial charge in [-0.2, -0.15) is 0 Å². The molecule has 2 aromatic carbocycles. The smallest absolute Gasteiger partial charge is 0.200 e. The predicted molar refractivity (Wildman–Crippen MR) is 68.0 cm³/mol. The summed E-state index contributed by atoms with van der Waals surface area (Å²) in [6.45, 7) is -0.372. The van der Waals surface area contributed by atoms with E-state index in [0.717, 1.165) is 18.2 Å². The number of benzene rings is 2. The van der Waals surface area contributed by atoms with Crippen LogP contribution in [0, 0.1) is 11.6 Å². The number of aldehydes is 1. The summed E-state index contributed by atoms with van der Waals surface area (Å²) in [5.41, 5.74) is 0.455. The Kier molecular flexibility index (Phi) is 4.20. The maximum Gasteiger partial charge on any atom is 0.200 e. The first-order chi connectivity index (χ1) is 9.60. The van der Waals surface area contributed by atoms with Crippen LogP contribution in [0.15, 0.2) is 42.5 Å². The molecular formula is C15H10F2O3. The highest BCUT2D eigenvalue weighted by Crippen LogP contribution is 2.18. The fourth-order valence-electron chi connectivity index (χ4n) is 1.57. The molecule has 0 saturated carbocycles. The average Bonchev–Trinajstić information content (AvgIpc) is 2.46. The monoisotopic (exact) mass is 276 g/mol. The minimum atomic E-state index is -0.721. The highest BCUT2D eigenvalue weighted by atomic mass is 19.1. The Hall–Kier alpha value is -2.56. The third kappa shape index (κ3) is 3.26. The van der Waals surface area contributed by atoms with E-state index in [-0.39, 0.29) is 23.5 Å². The van der Waals surface area contributed by atoms with Gasteiger partial charge in [0, 0.05) is 11.1 Å². The van der Waals surface area contributed by atoms with Crippen molar-refractivity contribution < 1.29 is 23.1 Å². The van der Waals surface area contributed by atoms with E-state index in [9.17, 15) is 18.4 Å². The van der Waals surface area contributed by atoms with E-state index >= 15 is 0 Å². The summed E-state index contributed by atoms with van der Waals surface area (Å²) in [6.07, 6.45) is 0.510. The van der Waals surface area contributed by atoms with E-state index in [4.69, 9.17) is 4.74 Å². The van der Waals surface area contributed by atoms with Gasteiger partial charge in [0.05, 0.1) is 0 Å². The van der Waals surface area contributed by atoms with E-state index in [0.29, 0.717) is 6.29 Å². The number of hydrogen-bond donors (Lipinski definition) is 0. The Morgan fingerprint density at radius 2 is 1.80 bits per heavy atom. The Morgan fingerprint density at radius 3 is 2.40 bits per heavy atom. The lowest BCUT2D eigenvalue weighted by Crippen LogP contribution is -2.12. The number of hydrogen-bond acceptors (Lipinski definition) is 3. The van der Waals surface area contributed by atoms with Gasteiger partial charge in [0.15, 0.2) is 24.0 Å². The highest BCUT2D eigenvalue weighted by Gasteiger charge is 2.10. The standard InChI is InChI=1S/C15H10F2O3/c16-12-4-2-11(3-5-12)14(19)9-20-15-6-1-10(8-18)7-13(15)17/h1-8H,9H2. The Bertz CT molecular complexity index is 636. The molecule has 20 heavy (non-hydrogen) atoms. The first-order valence-electron chi connectivity index (χ1n) is 5.76. The van der Waals surface area contributed by atoms with E-state index in [2.05, 4.69) is 0 Å². The molecule has 0 radical (unpaired) electrons. The molecule has 0 unspecified atom stereocenters. The molecule has 2 rings (SSSR count). The molecule has 0 aliphatic carbocycles. The fraction of sp³-hybridized carbons (Fsp3) is 0.0667. The molecule has 0 atom stereocenters. The molecule has 0 fully saturated rings. The maximum absolute atomic E-state index is 13.5. The van der Waals surface area contributed by atoms with Crippen molar-refractivity contribution in [2.45, 2.75) is 0 Å². The summed E-state index contributed by atoms with van der Waals surface area (Å²) in [7, 11) is 0. The van der Waals surface area contributed by atoms with Gasteiger partial charge in [-0.25, -0.2) is 8.78 Å². The maximum atomic E-state index is 13.5. The van der Waals surface area contributed by atoms with Crippen LogP contribution >= 0.6 is 0 Å². The van der Waals surface area contributed by atoms with Gasteiger partial charge in [-0.1, -0.05) is 0 Å². The largest absolute Gasteiger partial charge is 0.482 e. The molecule has 0 aliphatic rings. The van der Waals surface area contributed by atoms with Crippen LogP contribution in [0.1, 0.15) is 20.7 Å². The van der Waals surface area contributed by atoms with Crippen molar-refractivity contribution in [3.63, 3.8) is 0 Å². The molecule has 0 heterocycles. The van der Waals surface area contributed by atoms with Crippen molar-refractivity contribution in [1.82, 2.24) is 0 Å². The molecule has 5 heteroatoms. The van der Waals surface area contributed by atoms with Gasteiger partial charge < -0.3 is 4.74 Å². The van der Waals surface area contributed by atoms with Gasteiger partial charge in [0.1, 0.15) is 12.1 Å². The second kappa shape index (κ2) is 6.06. The topological polar surface area (TPSA) is 43.4 Å². The Labute approximate surface area is 113 Å². The minimum Gasteiger partial charge on any atom is -0.482 e. The number of rotatable bonds is 5.